The first-order valence-electron chi connectivity index (χ1n) is 7.36. The lowest BCUT2D eigenvalue weighted by atomic mass is 9.88. The Balaban J connectivity index is 3.93. The minimum atomic E-state index is 0.186. The van der Waals surface area contributed by atoms with Crippen molar-refractivity contribution >= 4 is 5.91 Å². The summed E-state index contributed by atoms with van der Waals surface area (Å²) in [7, 11) is 0. The van der Waals surface area contributed by atoms with Crippen LogP contribution in [0.4, 0.5) is 0 Å². The fourth-order valence-corrected chi connectivity index (χ4v) is 2.45. The maximum Gasteiger partial charge on any atom is 0.220 e. The van der Waals surface area contributed by atoms with Gasteiger partial charge in [-0.25, -0.2) is 0 Å². The third kappa shape index (κ3) is 8.51. The number of carbonyl (C=O) groups is 1. The number of carbonyl (C=O) groups excluding carboxylic acids is 1. The van der Waals surface area contributed by atoms with Gasteiger partial charge in [-0.1, -0.05) is 27.7 Å². The maximum atomic E-state index is 11.8. The van der Waals surface area contributed by atoms with Gasteiger partial charge in [0.2, 0.25) is 5.91 Å². The smallest absolute Gasteiger partial charge is 0.220 e. The molecule has 3 heteroatoms. The molecule has 2 atom stereocenters. The number of nitrogens with two attached hydrogens (primary N) is 1. The molecule has 0 aliphatic carbocycles. The van der Waals surface area contributed by atoms with E-state index in [1.54, 1.807) is 0 Å². The van der Waals surface area contributed by atoms with Crippen molar-refractivity contribution < 1.29 is 4.79 Å². The first-order chi connectivity index (χ1) is 8.36. The first kappa shape index (κ1) is 17.4. The summed E-state index contributed by atoms with van der Waals surface area (Å²) in [6.45, 7) is 11.6. The monoisotopic (exact) mass is 256 g/mol. The normalized spacial score (nSPS) is 14.9. The molecule has 0 aliphatic heterocycles. The van der Waals surface area contributed by atoms with E-state index in [9.17, 15) is 4.79 Å². The van der Waals surface area contributed by atoms with Crippen LogP contribution in [-0.4, -0.2) is 18.5 Å². The molecule has 0 aliphatic rings. The SMILES string of the molecule is CC(C)CC(C)NC(=O)CCC(CCN)C(C)C. The van der Waals surface area contributed by atoms with Crippen LogP contribution in [0, 0.1) is 17.8 Å². The number of rotatable bonds is 9. The van der Waals surface area contributed by atoms with Crippen LogP contribution >= 0.6 is 0 Å². The molecule has 0 heterocycles. The predicted molar refractivity (Wildman–Crippen MR) is 78.3 cm³/mol. The molecule has 18 heavy (non-hydrogen) atoms. The number of hydrogen-bond donors (Lipinski definition) is 2. The summed E-state index contributed by atoms with van der Waals surface area (Å²) in [5.74, 6) is 1.99. The summed E-state index contributed by atoms with van der Waals surface area (Å²) >= 11 is 0. The number of nitrogens with one attached hydrogen (secondary N) is 1. The van der Waals surface area contributed by atoms with E-state index in [1.807, 2.05) is 0 Å². The van der Waals surface area contributed by atoms with E-state index in [0.29, 0.717) is 30.7 Å². The Morgan fingerprint density at radius 3 is 2.17 bits per heavy atom. The van der Waals surface area contributed by atoms with Crippen molar-refractivity contribution in [1.82, 2.24) is 5.32 Å². The molecule has 0 aromatic carbocycles. The molecule has 0 fully saturated rings. The summed E-state index contributed by atoms with van der Waals surface area (Å²) in [6, 6.07) is 0.282. The van der Waals surface area contributed by atoms with Crippen LogP contribution in [0.2, 0.25) is 0 Å². The van der Waals surface area contributed by atoms with E-state index in [-0.39, 0.29) is 11.9 Å². The highest BCUT2D eigenvalue weighted by atomic mass is 16.1. The Labute approximate surface area is 113 Å². The molecule has 0 aromatic rings. The van der Waals surface area contributed by atoms with Gasteiger partial charge in [0.25, 0.3) is 0 Å². The summed E-state index contributed by atoms with van der Waals surface area (Å²) in [4.78, 5) is 11.8. The maximum absolute atomic E-state index is 11.8. The largest absolute Gasteiger partial charge is 0.354 e. The second-order valence-corrected chi connectivity index (χ2v) is 6.22. The Morgan fingerprint density at radius 1 is 1.11 bits per heavy atom. The summed E-state index contributed by atoms with van der Waals surface area (Å²) in [6.07, 6.45) is 3.65. The highest BCUT2D eigenvalue weighted by molar-refractivity contribution is 5.76. The molecule has 3 nitrogen and oxygen atoms in total. The zero-order valence-electron chi connectivity index (χ0n) is 12.8. The van der Waals surface area contributed by atoms with Crippen molar-refractivity contribution in [2.45, 2.75) is 66.3 Å². The molecule has 2 unspecified atom stereocenters. The molecule has 0 saturated carbocycles. The van der Waals surface area contributed by atoms with E-state index in [4.69, 9.17) is 5.73 Å². The van der Waals surface area contributed by atoms with E-state index < -0.39 is 0 Å². The number of hydrogen-bond acceptors (Lipinski definition) is 2. The third-order valence-electron chi connectivity index (χ3n) is 3.45. The molecular formula is C15H32N2O. The topological polar surface area (TPSA) is 55.1 Å². The van der Waals surface area contributed by atoms with Crippen molar-refractivity contribution in [3.8, 4) is 0 Å². The minimum Gasteiger partial charge on any atom is -0.354 e. The van der Waals surface area contributed by atoms with Crippen LogP contribution in [0.15, 0.2) is 0 Å². The van der Waals surface area contributed by atoms with Crippen LogP contribution in [0.25, 0.3) is 0 Å². The van der Waals surface area contributed by atoms with Gasteiger partial charge in [0, 0.05) is 12.5 Å². The Kier molecular flexibility index (Phi) is 9.08. The summed E-state index contributed by atoms with van der Waals surface area (Å²) in [5, 5.41) is 3.08. The van der Waals surface area contributed by atoms with Crippen molar-refractivity contribution in [3.05, 3.63) is 0 Å². The Morgan fingerprint density at radius 2 is 1.72 bits per heavy atom. The molecule has 0 bridgehead atoms. The molecule has 0 aromatic heterocycles. The molecule has 0 rings (SSSR count). The fourth-order valence-electron chi connectivity index (χ4n) is 2.45. The second-order valence-electron chi connectivity index (χ2n) is 6.22. The molecule has 108 valence electrons. The van der Waals surface area contributed by atoms with Crippen LogP contribution in [0.5, 0.6) is 0 Å². The van der Waals surface area contributed by atoms with Gasteiger partial charge in [-0.2, -0.15) is 0 Å². The van der Waals surface area contributed by atoms with Gasteiger partial charge in [-0.3, -0.25) is 4.79 Å². The summed E-state index contributed by atoms with van der Waals surface area (Å²) in [5.41, 5.74) is 5.61. The molecule has 0 spiro atoms. The zero-order valence-corrected chi connectivity index (χ0v) is 12.8. The molecule has 3 N–H and O–H groups in total. The van der Waals surface area contributed by atoms with E-state index in [2.05, 4.69) is 39.9 Å². The zero-order chi connectivity index (χ0) is 14.1. The van der Waals surface area contributed by atoms with Crippen LogP contribution in [0.3, 0.4) is 0 Å². The van der Waals surface area contributed by atoms with Gasteiger partial charge in [-0.05, 0) is 50.5 Å². The average Bonchev–Trinajstić information content (AvgIpc) is 2.22. The Bertz CT molecular complexity index is 227. The van der Waals surface area contributed by atoms with Crippen LogP contribution in [-0.2, 0) is 4.79 Å². The van der Waals surface area contributed by atoms with E-state index in [1.165, 1.54) is 0 Å². The van der Waals surface area contributed by atoms with Gasteiger partial charge >= 0.3 is 0 Å². The van der Waals surface area contributed by atoms with E-state index >= 15 is 0 Å². The molecular weight excluding hydrogens is 224 g/mol. The highest BCUT2D eigenvalue weighted by Crippen LogP contribution is 2.20. The second kappa shape index (κ2) is 9.37. The average molecular weight is 256 g/mol. The lowest BCUT2D eigenvalue weighted by Gasteiger charge is -2.21. The lowest BCUT2D eigenvalue weighted by molar-refractivity contribution is -0.122. The standard InChI is InChI=1S/C15H32N2O/c1-11(2)10-13(5)17-15(18)7-6-14(8-9-16)12(3)4/h11-14H,6-10,16H2,1-5H3,(H,17,18). The Hall–Kier alpha value is -0.570. The van der Waals surface area contributed by atoms with E-state index in [0.717, 1.165) is 19.3 Å². The van der Waals surface area contributed by atoms with Gasteiger partial charge in [0.05, 0.1) is 0 Å². The van der Waals surface area contributed by atoms with Crippen molar-refractivity contribution in [2.24, 2.45) is 23.5 Å². The van der Waals surface area contributed by atoms with Crippen molar-refractivity contribution in [2.75, 3.05) is 6.54 Å². The van der Waals surface area contributed by atoms with Gasteiger partial charge in [-0.15, -0.1) is 0 Å². The van der Waals surface area contributed by atoms with Crippen molar-refractivity contribution in [3.63, 3.8) is 0 Å². The third-order valence-corrected chi connectivity index (χ3v) is 3.45. The molecule has 0 saturated heterocycles. The van der Waals surface area contributed by atoms with Gasteiger partial charge in [0.15, 0.2) is 0 Å². The highest BCUT2D eigenvalue weighted by Gasteiger charge is 2.15. The predicted octanol–water partition coefficient (Wildman–Crippen LogP) is 2.94. The van der Waals surface area contributed by atoms with Crippen LogP contribution in [0.1, 0.15) is 60.3 Å². The fraction of sp³-hybridized carbons (Fsp3) is 0.933. The molecule has 0 radical (unpaired) electrons. The first-order valence-corrected chi connectivity index (χ1v) is 7.36. The van der Waals surface area contributed by atoms with Gasteiger partial charge in [0.1, 0.15) is 0 Å². The minimum absolute atomic E-state index is 0.186. The quantitative estimate of drug-likeness (QED) is 0.666. The van der Waals surface area contributed by atoms with Crippen molar-refractivity contribution in [1.29, 1.82) is 0 Å². The molecule has 1 amide bonds. The number of amides is 1. The van der Waals surface area contributed by atoms with Crippen LogP contribution < -0.4 is 11.1 Å². The lowest BCUT2D eigenvalue weighted by Crippen LogP contribution is -2.33. The van der Waals surface area contributed by atoms with Gasteiger partial charge < -0.3 is 11.1 Å². The summed E-state index contributed by atoms with van der Waals surface area (Å²) < 4.78 is 0.